The highest BCUT2D eigenvalue weighted by atomic mass is 32.2. The van der Waals surface area contributed by atoms with Crippen LogP contribution < -0.4 is 5.73 Å². The smallest absolute Gasteiger partial charge is 0.232 e. The van der Waals surface area contributed by atoms with Crippen molar-refractivity contribution < 1.29 is 9.29 Å². The lowest BCUT2D eigenvalue weighted by Gasteiger charge is -2.27. The van der Waals surface area contributed by atoms with Gasteiger partial charge in [0.15, 0.2) is 5.65 Å². The Labute approximate surface area is 181 Å². The summed E-state index contributed by atoms with van der Waals surface area (Å²) in [4.78, 5) is 14.6. The summed E-state index contributed by atoms with van der Waals surface area (Å²) < 4.78 is 20.5. The summed E-state index contributed by atoms with van der Waals surface area (Å²) in [6.45, 7) is 0.435. The van der Waals surface area contributed by atoms with Gasteiger partial charge in [0.1, 0.15) is 16.3 Å². The molecule has 9 heteroatoms. The highest BCUT2D eigenvalue weighted by molar-refractivity contribution is 7.93. The second-order valence-electron chi connectivity index (χ2n) is 7.67. The predicted octanol–water partition coefficient (Wildman–Crippen LogP) is 3.85. The molecule has 4 aromatic rings. The molecule has 0 aliphatic heterocycles. The Balaban J connectivity index is 1.66. The summed E-state index contributed by atoms with van der Waals surface area (Å²) in [6.07, 6.45) is 7.11. The number of nitrogens with two attached hydrogens (primary N) is 1. The molecule has 1 atom stereocenters. The number of methoxy groups -OCH3 is 1. The second-order valence-corrected chi connectivity index (χ2v) is 10.4. The van der Waals surface area contributed by atoms with Crippen LogP contribution in [0, 0.1) is 0 Å². The topological polar surface area (TPSA) is 102 Å². The molecule has 0 saturated heterocycles. The monoisotopic (exact) mass is 441 g/mol. The van der Waals surface area contributed by atoms with E-state index in [0.717, 1.165) is 45.5 Å². The lowest BCUT2D eigenvalue weighted by molar-refractivity contribution is 0.217. The van der Waals surface area contributed by atoms with Crippen molar-refractivity contribution in [3.63, 3.8) is 0 Å². The number of hydrogen-bond acceptors (Lipinski definition) is 7. The SMILES string of the molecule is COCC[S@+]([O-])c1sc2nc(-c3cnc4ncn(C)c4c3)cc(C3CCC3)c2c1N. The minimum Gasteiger partial charge on any atom is -0.611 e. The molecule has 0 radical (unpaired) electrons. The number of fused-ring (bicyclic) bond motifs is 2. The molecule has 4 aromatic heterocycles. The van der Waals surface area contributed by atoms with E-state index < -0.39 is 11.2 Å². The van der Waals surface area contributed by atoms with Crippen molar-refractivity contribution >= 4 is 49.6 Å². The van der Waals surface area contributed by atoms with Gasteiger partial charge in [-0.15, -0.1) is 0 Å². The van der Waals surface area contributed by atoms with Crippen LogP contribution in [0.5, 0.6) is 0 Å². The first-order valence-corrected chi connectivity index (χ1v) is 12.1. The van der Waals surface area contributed by atoms with Crippen molar-refractivity contribution in [1.29, 1.82) is 0 Å². The van der Waals surface area contributed by atoms with Crippen molar-refractivity contribution in [3.8, 4) is 11.3 Å². The standard InChI is InChI=1S/C21H23N5O2S2/c1-26-11-24-19-16(26)8-13(10-23-19)15-9-14(12-4-3-5-12)17-18(22)21(29-20(17)25-15)30(27)7-6-28-2/h8-12H,3-7,22H2,1-2H3/t30-/m0/s1. The van der Waals surface area contributed by atoms with Gasteiger partial charge in [0.05, 0.1) is 24.1 Å². The van der Waals surface area contributed by atoms with Gasteiger partial charge >= 0.3 is 0 Å². The fraction of sp³-hybridized carbons (Fsp3) is 0.381. The summed E-state index contributed by atoms with van der Waals surface area (Å²) in [5.41, 5.74) is 11.8. The number of pyridine rings is 2. The number of ether oxygens (including phenoxy) is 1. The summed E-state index contributed by atoms with van der Waals surface area (Å²) in [5.74, 6) is 0.903. The van der Waals surface area contributed by atoms with E-state index in [1.54, 1.807) is 13.4 Å². The molecule has 4 heterocycles. The average Bonchev–Trinajstić information content (AvgIpc) is 3.24. The molecule has 1 aliphatic rings. The zero-order chi connectivity index (χ0) is 20.8. The number of aromatic nitrogens is 4. The normalized spacial score (nSPS) is 15.7. The Kier molecular flexibility index (Phi) is 5.14. The van der Waals surface area contributed by atoms with Crippen LogP contribution in [0.2, 0.25) is 0 Å². The molecule has 7 nitrogen and oxygen atoms in total. The third-order valence-corrected chi connectivity index (χ3v) is 8.67. The number of rotatable bonds is 6. The molecule has 1 saturated carbocycles. The maximum Gasteiger partial charge on any atom is 0.232 e. The van der Waals surface area contributed by atoms with E-state index >= 15 is 0 Å². The van der Waals surface area contributed by atoms with Gasteiger partial charge in [0, 0.05) is 42.5 Å². The van der Waals surface area contributed by atoms with Crippen LogP contribution in [-0.2, 0) is 23.0 Å². The highest BCUT2D eigenvalue weighted by Crippen LogP contribution is 2.46. The molecular weight excluding hydrogens is 418 g/mol. The Bertz CT molecular complexity index is 1230. The van der Waals surface area contributed by atoms with Crippen LogP contribution in [0.3, 0.4) is 0 Å². The van der Waals surface area contributed by atoms with E-state index in [4.69, 9.17) is 15.5 Å². The molecule has 0 spiro atoms. The van der Waals surface area contributed by atoms with E-state index in [1.165, 1.54) is 23.3 Å². The van der Waals surface area contributed by atoms with Gasteiger partial charge in [-0.25, -0.2) is 15.0 Å². The van der Waals surface area contributed by atoms with Crippen molar-refractivity contribution in [1.82, 2.24) is 19.5 Å². The number of nitrogen functional groups attached to an aromatic ring is 1. The quantitative estimate of drug-likeness (QED) is 0.456. The van der Waals surface area contributed by atoms with Gasteiger partial charge in [-0.2, -0.15) is 0 Å². The number of aryl methyl sites for hydroxylation is 1. The maximum atomic E-state index is 12.8. The predicted molar refractivity (Wildman–Crippen MR) is 121 cm³/mol. The van der Waals surface area contributed by atoms with Crippen LogP contribution in [0.4, 0.5) is 5.69 Å². The van der Waals surface area contributed by atoms with Crippen molar-refractivity contribution in [2.24, 2.45) is 7.05 Å². The lowest BCUT2D eigenvalue weighted by Crippen LogP contribution is -2.12. The molecule has 156 valence electrons. The molecule has 1 aliphatic carbocycles. The first-order chi connectivity index (χ1) is 14.6. The van der Waals surface area contributed by atoms with Crippen LogP contribution >= 0.6 is 11.3 Å². The molecule has 0 bridgehead atoms. The fourth-order valence-electron chi connectivity index (χ4n) is 3.89. The Hall–Kier alpha value is -2.20. The van der Waals surface area contributed by atoms with Crippen molar-refractivity contribution in [2.75, 3.05) is 25.2 Å². The Morgan fingerprint density at radius 2 is 2.17 bits per heavy atom. The van der Waals surface area contributed by atoms with Gasteiger partial charge in [-0.05, 0) is 36.5 Å². The molecule has 0 aromatic carbocycles. The summed E-state index contributed by atoms with van der Waals surface area (Å²) in [6, 6.07) is 4.22. The van der Waals surface area contributed by atoms with Crippen LogP contribution in [0.25, 0.3) is 32.6 Å². The van der Waals surface area contributed by atoms with Crippen LogP contribution in [-0.4, -0.2) is 43.5 Å². The number of thiophene rings is 1. The lowest BCUT2D eigenvalue weighted by atomic mass is 9.79. The molecular formula is C21H23N5O2S2. The summed E-state index contributed by atoms with van der Waals surface area (Å²) >= 11 is 0.240. The maximum absolute atomic E-state index is 12.8. The zero-order valence-electron chi connectivity index (χ0n) is 16.9. The molecule has 5 rings (SSSR count). The van der Waals surface area contributed by atoms with Crippen LogP contribution in [0.15, 0.2) is 28.9 Å². The zero-order valence-corrected chi connectivity index (χ0v) is 18.6. The fourth-order valence-corrected chi connectivity index (χ4v) is 6.46. The van der Waals surface area contributed by atoms with E-state index in [1.807, 2.05) is 17.8 Å². The van der Waals surface area contributed by atoms with Crippen molar-refractivity contribution in [3.05, 3.63) is 30.2 Å². The van der Waals surface area contributed by atoms with Gasteiger partial charge in [-0.3, -0.25) is 0 Å². The molecule has 0 amide bonds. The number of hydrogen-bond donors (Lipinski definition) is 1. The van der Waals surface area contributed by atoms with Crippen LogP contribution in [0.1, 0.15) is 30.7 Å². The van der Waals surface area contributed by atoms with E-state index in [0.29, 0.717) is 28.2 Å². The van der Waals surface area contributed by atoms with E-state index in [9.17, 15) is 4.55 Å². The van der Waals surface area contributed by atoms with Gasteiger partial charge in [-0.1, -0.05) is 17.8 Å². The number of anilines is 1. The molecule has 1 fully saturated rings. The van der Waals surface area contributed by atoms with E-state index in [2.05, 4.69) is 22.1 Å². The van der Waals surface area contributed by atoms with Gasteiger partial charge in [0.25, 0.3) is 0 Å². The third-order valence-electron chi connectivity index (χ3n) is 5.80. The van der Waals surface area contributed by atoms with Gasteiger partial charge in [0.2, 0.25) is 4.21 Å². The summed E-state index contributed by atoms with van der Waals surface area (Å²) in [7, 11) is 3.57. The molecule has 30 heavy (non-hydrogen) atoms. The molecule has 2 N–H and O–H groups in total. The average molecular weight is 442 g/mol. The first kappa shape index (κ1) is 19.7. The third kappa shape index (κ3) is 3.26. The largest absolute Gasteiger partial charge is 0.611 e. The Morgan fingerprint density at radius 3 is 2.90 bits per heavy atom. The van der Waals surface area contributed by atoms with Crippen molar-refractivity contribution in [2.45, 2.75) is 29.4 Å². The number of nitrogens with zero attached hydrogens (tertiary/aromatic N) is 4. The summed E-state index contributed by atoms with van der Waals surface area (Å²) in [5, 5.41) is 0.976. The molecule has 0 unspecified atom stereocenters. The Morgan fingerprint density at radius 1 is 1.33 bits per heavy atom. The highest BCUT2D eigenvalue weighted by Gasteiger charge is 2.29. The number of imidazole rings is 1. The first-order valence-electron chi connectivity index (χ1n) is 9.94. The minimum absolute atomic E-state index is 0.431. The van der Waals surface area contributed by atoms with Gasteiger partial charge < -0.3 is 19.6 Å². The second kappa shape index (κ2) is 7.81. The minimum atomic E-state index is -1.20. The van der Waals surface area contributed by atoms with E-state index in [-0.39, 0.29) is 0 Å².